The third kappa shape index (κ3) is 4.09. The SMILES string of the molecule is CCOc1cc(NCC2CCCCO2)cc([N+](=O)[O-])c1. The van der Waals surface area contributed by atoms with Crippen LogP contribution >= 0.6 is 0 Å². The Morgan fingerprint density at radius 1 is 1.45 bits per heavy atom. The first-order valence-corrected chi connectivity index (χ1v) is 6.97. The van der Waals surface area contributed by atoms with Crippen LogP contribution in [0, 0.1) is 10.1 Å². The monoisotopic (exact) mass is 280 g/mol. The summed E-state index contributed by atoms with van der Waals surface area (Å²) in [5.74, 6) is 0.508. The van der Waals surface area contributed by atoms with Crippen LogP contribution in [0.4, 0.5) is 11.4 Å². The molecule has 110 valence electrons. The van der Waals surface area contributed by atoms with E-state index in [1.54, 1.807) is 6.07 Å². The van der Waals surface area contributed by atoms with Gasteiger partial charge in [0.05, 0.1) is 23.7 Å². The van der Waals surface area contributed by atoms with Crippen molar-refractivity contribution in [2.75, 3.05) is 25.1 Å². The molecule has 0 aromatic heterocycles. The van der Waals surface area contributed by atoms with Crippen molar-refractivity contribution in [2.45, 2.75) is 32.3 Å². The normalized spacial score (nSPS) is 18.6. The Morgan fingerprint density at radius 3 is 2.95 bits per heavy atom. The second kappa shape index (κ2) is 7.09. The van der Waals surface area contributed by atoms with E-state index in [0.717, 1.165) is 19.4 Å². The van der Waals surface area contributed by atoms with Crippen LogP contribution in [0.3, 0.4) is 0 Å². The lowest BCUT2D eigenvalue weighted by atomic mass is 10.1. The molecule has 0 aliphatic carbocycles. The van der Waals surface area contributed by atoms with Crippen molar-refractivity contribution >= 4 is 11.4 Å². The van der Waals surface area contributed by atoms with Gasteiger partial charge in [-0.25, -0.2) is 0 Å². The summed E-state index contributed by atoms with van der Waals surface area (Å²) in [7, 11) is 0. The Balaban J connectivity index is 2.03. The average molecular weight is 280 g/mol. The van der Waals surface area contributed by atoms with Crippen molar-refractivity contribution in [3.8, 4) is 5.75 Å². The maximum Gasteiger partial charge on any atom is 0.275 e. The van der Waals surface area contributed by atoms with Gasteiger partial charge in [0, 0.05) is 31.0 Å². The van der Waals surface area contributed by atoms with Gasteiger partial charge in [-0.15, -0.1) is 0 Å². The van der Waals surface area contributed by atoms with Gasteiger partial charge in [-0.1, -0.05) is 0 Å². The van der Waals surface area contributed by atoms with Gasteiger partial charge >= 0.3 is 0 Å². The molecule has 0 amide bonds. The molecule has 20 heavy (non-hydrogen) atoms. The highest BCUT2D eigenvalue weighted by Crippen LogP contribution is 2.26. The van der Waals surface area contributed by atoms with Crippen LogP contribution < -0.4 is 10.1 Å². The molecule has 1 aromatic carbocycles. The molecule has 2 rings (SSSR count). The Bertz CT molecular complexity index is 458. The Kier molecular flexibility index (Phi) is 5.17. The van der Waals surface area contributed by atoms with Gasteiger partial charge in [-0.3, -0.25) is 10.1 Å². The van der Waals surface area contributed by atoms with Gasteiger partial charge < -0.3 is 14.8 Å². The van der Waals surface area contributed by atoms with Crippen molar-refractivity contribution in [3.05, 3.63) is 28.3 Å². The summed E-state index contributed by atoms with van der Waals surface area (Å²) in [5.41, 5.74) is 0.722. The molecule has 1 aromatic rings. The fourth-order valence-corrected chi connectivity index (χ4v) is 2.24. The molecule has 0 bridgehead atoms. The zero-order valence-electron chi connectivity index (χ0n) is 11.6. The molecule has 1 unspecified atom stereocenters. The molecule has 1 N–H and O–H groups in total. The Morgan fingerprint density at radius 2 is 2.30 bits per heavy atom. The van der Waals surface area contributed by atoms with Gasteiger partial charge in [0.25, 0.3) is 5.69 Å². The summed E-state index contributed by atoms with van der Waals surface area (Å²) in [5, 5.41) is 14.1. The largest absolute Gasteiger partial charge is 0.494 e. The summed E-state index contributed by atoms with van der Waals surface area (Å²) < 4.78 is 11.0. The molecule has 0 spiro atoms. The number of nitro groups is 1. The van der Waals surface area contributed by atoms with Crippen LogP contribution in [0.1, 0.15) is 26.2 Å². The maximum atomic E-state index is 10.9. The van der Waals surface area contributed by atoms with E-state index in [1.165, 1.54) is 18.6 Å². The summed E-state index contributed by atoms with van der Waals surface area (Å²) in [6, 6.07) is 4.73. The molecule has 6 nitrogen and oxygen atoms in total. The van der Waals surface area contributed by atoms with Crippen LogP contribution in [-0.4, -0.2) is 30.8 Å². The zero-order chi connectivity index (χ0) is 14.4. The second-order valence-corrected chi connectivity index (χ2v) is 4.78. The molecule has 1 aliphatic heterocycles. The smallest absolute Gasteiger partial charge is 0.275 e. The molecule has 0 radical (unpaired) electrons. The van der Waals surface area contributed by atoms with Crippen molar-refractivity contribution in [2.24, 2.45) is 0 Å². The highest BCUT2D eigenvalue weighted by molar-refractivity contribution is 5.56. The third-order valence-corrected chi connectivity index (χ3v) is 3.22. The summed E-state index contributed by atoms with van der Waals surface area (Å²) >= 11 is 0. The number of rotatable bonds is 6. The van der Waals surface area contributed by atoms with E-state index in [9.17, 15) is 10.1 Å². The topological polar surface area (TPSA) is 73.6 Å². The highest BCUT2D eigenvalue weighted by Gasteiger charge is 2.15. The minimum atomic E-state index is -0.412. The lowest BCUT2D eigenvalue weighted by molar-refractivity contribution is -0.384. The number of non-ortho nitro benzene ring substituents is 1. The third-order valence-electron chi connectivity index (χ3n) is 3.22. The van der Waals surface area contributed by atoms with Crippen molar-refractivity contribution in [1.82, 2.24) is 0 Å². The molecule has 1 saturated heterocycles. The predicted molar refractivity (Wildman–Crippen MR) is 76.3 cm³/mol. The van der Waals surface area contributed by atoms with E-state index in [1.807, 2.05) is 6.92 Å². The Labute approximate surface area is 118 Å². The van der Waals surface area contributed by atoms with Gasteiger partial charge in [0.2, 0.25) is 0 Å². The summed E-state index contributed by atoms with van der Waals surface area (Å²) in [6.45, 7) is 3.78. The fourth-order valence-electron chi connectivity index (χ4n) is 2.24. The standard InChI is InChI=1S/C14H20N2O4/c1-2-19-14-8-11(7-12(9-14)16(17)18)15-10-13-5-3-4-6-20-13/h7-9,13,15H,2-6,10H2,1H3. The number of nitro benzene ring substituents is 1. The number of ether oxygens (including phenoxy) is 2. The molecule has 1 heterocycles. The zero-order valence-corrected chi connectivity index (χ0v) is 11.6. The van der Waals surface area contributed by atoms with E-state index < -0.39 is 4.92 Å². The van der Waals surface area contributed by atoms with Gasteiger partial charge in [0.15, 0.2) is 0 Å². The number of hydrogen-bond donors (Lipinski definition) is 1. The second-order valence-electron chi connectivity index (χ2n) is 4.78. The van der Waals surface area contributed by atoms with E-state index in [-0.39, 0.29) is 11.8 Å². The first-order valence-electron chi connectivity index (χ1n) is 6.97. The minimum Gasteiger partial charge on any atom is -0.494 e. The summed E-state index contributed by atoms with van der Waals surface area (Å²) in [4.78, 5) is 10.5. The highest BCUT2D eigenvalue weighted by atomic mass is 16.6. The molecule has 1 aliphatic rings. The van der Waals surface area contributed by atoms with Crippen LogP contribution in [0.25, 0.3) is 0 Å². The van der Waals surface area contributed by atoms with Gasteiger partial charge in [-0.2, -0.15) is 0 Å². The molecule has 1 fully saturated rings. The molecular formula is C14H20N2O4. The molecule has 0 saturated carbocycles. The lowest BCUT2D eigenvalue weighted by Crippen LogP contribution is -2.26. The van der Waals surface area contributed by atoms with E-state index >= 15 is 0 Å². The van der Waals surface area contributed by atoms with Gasteiger partial charge in [0.1, 0.15) is 5.75 Å². The number of benzene rings is 1. The van der Waals surface area contributed by atoms with Crippen molar-refractivity contribution in [3.63, 3.8) is 0 Å². The first-order chi connectivity index (χ1) is 9.69. The van der Waals surface area contributed by atoms with Gasteiger partial charge in [-0.05, 0) is 26.2 Å². The van der Waals surface area contributed by atoms with Crippen LogP contribution in [-0.2, 0) is 4.74 Å². The fraction of sp³-hybridized carbons (Fsp3) is 0.571. The predicted octanol–water partition coefficient (Wildman–Crippen LogP) is 2.97. The minimum absolute atomic E-state index is 0.0306. The maximum absolute atomic E-state index is 10.9. The van der Waals surface area contributed by atoms with Crippen LogP contribution in [0.5, 0.6) is 5.75 Å². The van der Waals surface area contributed by atoms with Crippen LogP contribution in [0.2, 0.25) is 0 Å². The Hall–Kier alpha value is -1.82. The van der Waals surface area contributed by atoms with E-state index in [0.29, 0.717) is 24.6 Å². The number of anilines is 1. The average Bonchev–Trinajstić information content (AvgIpc) is 2.46. The quantitative estimate of drug-likeness (QED) is 0.640. The number of hydrogen-bond acceptors (Lipinski definition) is 5. The number of nitrogens with one attached hydrogen (secondary N) is 1. The lowest BCUT2D eigenvalue weighted by Gasteiger charge is -2.23. The van der Waals surface area contributed by atoms with Crippen molar-refractivity contribution < 1.29 is 14.4 Å². The molecule has 1 atom stereocenters. The molecule has 6 heteroatoms. The van der Waals surface area contributed by atoms with Crippen LogP contribution in [0.15, 0.2) is 18.2 Å². The molecular weight excluding hydrogens is 260 g/mol. The first kappa shape index (κ1) is 14.6. The van der Waals surface area contributed by atoms with Crippen molar-refractivity contribution in [1.29, 1.82) is 0 Å². The van der Waals surface area contributed by atoms with E-state index in [4.69, 9.17) is 9.47 Å². The van der Waals surface area contributed by atoms with E-state index in [2.05, 4.69) is 5.32 Å². The summed E-state index contributed by atoms with van der Waals surface area (Å²) in [6.07, 6.45) is 3.49. The number of nitrogens with zero attached hydrogens (tertiary/aromatic N) is 1.